The highest BCUT2D eigenvalue weighted by Crippen LogP contribution is 2.26. The standard InChI is InChI=1S/C15H19ClN2O3/c1-11-6-7-13(18(20)21)10-14(11)15(19)17(9-8-16)12-4-2-3-5-12/h6-7,10,12H,2-5,8-9H2,1H3. The largest absolute Gasteiger partial charge is 0.334 e. The number of halogens is 1. The van der Waals surface area contributed by atoms with E-state index in [1.807, 2.05) is 0 Å². The highest BCUT2D eigenvalue weighted by molar-refractivity contribution is 6.18. The molecule has 0 saturated heterocycles. The third-order valence-electron chi connectivity index (χ3n) is 4.01. The molecule has 1 amide bonds. The van der Waals surface area contributed by atoms with Crippen molar-refractivity contribution in [3.8, 4) is 0 Å². The van der Waals surface area contributed by atoms with Gasteiger partial charge < -0.3 is 4.90 Å². The van der Waals surface area contributed by atoms with Crippen molar-refractivity contribution in [2.75, 3.05) is 12.4 Å². The van der Waals surface area contributed by atoms with Gasteiger partial charge in [-0.2, -0.15) is 0 Å². The van der Waals surface area contributed by atoms with Gasteiger partial charge in [-0.15, -0.1) is 11.6 Å². The van der Waals surface area contributed by atoms with Crippen LogP contribution in [0.15, 0.2) is 18.2 Å². The quantitative estimate of drug-likeness (QED) is 0.475. The molecule has 1 aliphatic rings. The third kappa shape index (κ3) is 3.53. The van der Waals surface area contributed by atoms with Crippen LogP contribution in [0.2, 0.25) is 0 Å². The summed E-state index contributed by atoms with van der Waals surface area (Å²) in [6, 6.07) is 4.62. The molecule has 1 aliphatic carbocycles. The Bertz CT molecular complexity index is 542. The third-order valence-corrected chi connectivity index (χ3v) is 4.18. The summed E-state index contributed by atoms with van der Waals surface area (Å²) in [6.07, 6.45) is 4.20. The summed E-state index contributed by atoms with van der Waals surface area (Å²) in [7, 11) is 0. The van der Waals surface area contributed by atoms with Crippen LogP contribution in [-0.2, 0) is 0 Å². The second-order valence-corrected chi connectivity index (χ2v) is 5.76. The number of amides is 1. The van der Waals surface area contributed by atoms with Crippen molar-refractivity contribution in [2.45, 2.75) is 38.6 Å². The Labute approximate surface area is 129 Å². The lowest BCUT2D eigenvalue weighted by Crippen LogP contribution is -2.40. The molecule has 0 N–H and O–H groups in total. The molecule has 0 aromatic heterocycles. The van der Waals surface area contributed by atoms with Gasteiger partial charge in [-0.05, 0) is 25.3 Å². The van der Waals surface area contributed by atoms with E-state index >= 15 is 0 Å². The number of benzene rings is 1. The number of carbonyl (C=O) groups excluding carboxylic acids is 1. The Kier molecular flexibility index (Phi) is 5.17. The Morgan fingerprint density at radius 1 is 1.43 bits per heavy atom. The molecule has 0 aliphatic heterocycles. The highest BCUT2D eigenvalue weighted by Gasteiger charge is 2.28. The number of rotatable bonds is 5. The molecule has 5 nitrogen and oxygen atoms in total. The number of hydrogen-bond acceptors (Lipinski definition) is 3. The van der Waals surface area contributed by atoms with Gasteiger partial charge in [0.1, 0.15) is 0 Å². The Morgan fingerprint density at radius 3 is 2.67 bits per heavy atom. The van der Waals surface area contributed by atoms with Crippen molar-refractivity contribution in [3.05, 3.63) is 39.4 Å². The summed E-state index contributed by atoms with van der Waals surface area (Å²) in [5.74, 6) is 0.222. The van der Waals surface area contributed by atoms with Gasteiger partial charge in [-0.3, -0.25) is 14.9 Å². The Morgan fingerprint density at radius 2 is 2.10 bits per heavy atom. The number of non-ortho nitro benzene ring substituents is 1. The molecule has 0 heterocycles. The van der Waals surface area contributed by atoms with E-state index in [1.165, 1.54) is 12.1 Å². The van der Waals surface area contributed by atoms with Crippen molar-refractivity contribution >= 4 is 23.2 Å². The highest BCUT2D eigenvalue weighted by atomic mass is 35.5. The van der Waals surface area contributed by atoms with Gasteiger partial charge in [0.25, 0.3) is 11.6 Å². The molecule has 2 rings (SSSR count). The lowest BCUT2D eigenvalue weighted by molar-refractivity contribution is -0.384. The second kappa shape index (κ2) is 6.89. The van der Waals surface area contributed by atoms with Crippen molar-refractivity contribution < 1.29 is 9.72 Å². The van der Waals surface area contributed by atoms with E-state index in [1.54, 1.807) is 17.9 Å². The lowest BCUT2D eigenvalue weighted by atomic mass is 10.0. The summed E-state index contributed by atoms with van der Waals surface area (Å²) in [5.41, 5.74) is 1.10. The molecule has 0 spiro atoms. The average Bonchev–Trinajstić information content (AvgIpc) is 2.98. The molecular formula is C15H19ClN2O3. The fourth-order valence-electron chi connectivity index (χ4n) is 2.87. The first-order valence-electron chi connectivity index (χ1n) is 7.16. The summed E-state index contributed by atoms with van der Waals surface area (Å²) >= 11 is 5.83. The van der Waals surface area contributed by atoms with Gasteiger partial charge in [0.2, 0.25) is 0 Å². The van der Waals surface area contributed by atoms with E-state index in [2.05, 4.69) is 0 Å². The number of carbonyl (C=O) groups is 1. The fraction of sp³-hybridized carbons (Fsp3) is 0.533. The number of nitro groups is 1. The maximum Gasteiger partial charge on any atom is 0.270 e. The Balaban J connectivity index is 2.31. The van der Waals surface area contributed by atoms with Crippen LogP contribution in [0.1, 0.15) is 41.6 Å². The van der Waals surface area contributed by atoms with E-state index in [0.29, 0.717) is 18.0 Å². The minimum Gasteiger partial charge on any atom is -0.334 e. The van der Waals surface area contributed by atoms with Crippen LogP contribution in [0.5, 0.6) is 0 Å². The van der Waals surface area contributed by atoms with E-state index in [0.717, 1.165) is 31.2 Å². The first kappa shape index (κ1) is 15.8. The molecule has 0 unspecified atom stereocenters. The molecular weight excluding hydrogens is 292 g/mol. The minimum atomic E-state index is -0.475. The number of nitrogens with zero attached hydrogens (tertiary/aromatic N) is 2. The molecule has 6 heteroatoms. The van der Waals surface area contributed by atoms with Crippen LogP contribution in [0.3, 0.4) is 0 Å². The number of aryl methyl sites for hydroxylation is 1. The molecule has 1 aromatic rings. The van der Waals surface area contributed by atoms with Crippen LogP contribution < -0.4 is 0 Å². The van der Waals surface area contributed by atoms with E-state index in [9.17, 15) is 14.9 Å². The summed E-state index contributed by atoms with van der Waals surface area (Å²) in [4.78, 5) is 25.0. The van der Waals surface area contributed by atoms with Crippen molar-refractivity contribution in [1.82, 2.24) is 4.90 Å². The number of hydrogen-bond donors (Lipinski definition) is 0. The summed E-state index contributed by atoms with van der Waals surface area (Å²) < 4.78 is 0. The number of alkyl halides is 1. The SMILES string of the molecule is Cc1ccc([N+](=O)[O-])cc1C(=O)N(CCCl)C1CCCC1. The smallest absolute Gasteiger partial charge is 0.270 e. The zero-order valence-electron chi connectivity index (χ0n) is 12.0. The van der Waals surface area contributed by atoms with Crippen LogP contribution in [0.4, 0.5) is 5.69 Å². The van der Waals surface area contributed by atoms with Crippen LogP contribution >= 0.6 is 11.6 Å². The summed E-state index contributed by atoms with van der Waals surface area (Å²) in [5, 5.41) is 10.9. The first-order chi connectivity index (χ1) is 10.0. The van der Waals surface area contributed by atoms with Gasteiger partial charge in [0.05, 0.1) is 4.92 Å². The minimum absolute atomic E-state index is 0.0544. The van der Waals surface area contributed by atoms with Gasteiger partial charge in [0.15, 0.2) is 0 Å². The maximum atomic E-state index is 12.8. The molecule has 1 saturated carbocycles. The topological polar surface area (TPSA) is 63.5 Å². The zero-order valence-corrected chi connectivity index (χ0v) is 12.8. The van der Waals surface area contributed by atoms with Crippen LogP contribution in [0, 0.1) is 17.0 Å². The fourth-order valence-corrected chi connectivity index (χ4v) is 3.05. The van der Waals surface area contributed by atoms with Crippen molar-refractivity contribution in [2.24, 2.45) is 0 Å². The Hall–Kier alpha value is -1.62. The van der Waals surface area contributed by atoms with E-state index in [-0.39, 0.29) is 17.6 Å². The molecule has 0 radical (unpaired) electrons. The first-order valence-corrected chi connectivity index (χ1v) is 7.70. The molecule has 21 heavy (non-hydrogen) atoms. The van der Waals surface area contributed by atoms with Gasteiger partial charge in [-0.25, -0.2) is 0 Å². The van der Waals surface area contributed by atoms with Crippen LogP contribution in [0.25, 0.3) is 0 Å². The lowest BCUT2D eigenvalue weighted by Gasteiger charge is -2.28. The molecule has 0 atom stereocenters. The molecule has 0 bridgehead atoms. The predicted molar refractivity (Wildman–Crippen MR) is 81.8 cm³/mol. The predicted octanol–water partition coefficient (Wildman–Crippen LogP) is 3.53. The van der Waals surface area contributed by atoms with Crippen molar-refractivity contribution in [1.29, 1.82) is 0 Å². The maximum absolute atomic E-state index is 12.8. The zero-order chi connectivity index (χ0) is 15.4. The van der Waals surface area contributed by atoms with Crippen molar-refractivity contribution in [3.63, 3.8) is 0 Å². The normalized spacial score (nSPS) is 15.1. The second-order valence-electron chi connectivity index (χ2n) is 5.38. The molecule has 114 valence electrons. The van der Waals surface area contributed by atoms with E-state index < -0.39 is 4.92 Å². The summed E-state index contributed by atoms with van der Waals surface area (Å²) in [6.45, 7) is 2.28. The van der Waals surface area contributed by atoms with Gasteiger partial charge in [0, 0.05) is 36.2 Å². The number of nitro benzene ring substituents is 1. The van der Waals surface area contributed by atoms with Gasteiger partial charge >= 0.3 is 0 Å². The monoisotopic (exact) mass is 310 g/mol. The van der Waals surface area contributed by atoms with E-state index in [4.69, 9.17) is 11.6 Å². The average molecular weight is 311 g/mol. The molecule has 1 aromatic carbocycles. The van der Waals surface area contributed by atoms with Crippen LogP contribution in [-0.4, -0.2) is 34.2 Å². The molecule has 1 fully saturated rings. The van der Waals surface area contributed by atoms with Gasteiger partial charge in [-0.1, -0.05) is 18.9 Å².